The van der Waals surface area contributed by atoms with E-state index in [9.17, 15) is 4.79 Å². The Hall–Kier alpha value is -1.16. The zero-order chi connectivity index (χ0) is 12.5. The van der Waals surface area contributed by atoms with Crippen LogP contribution in [0.15, 0.2) is 17.0 Å². The third-order valence-electron chi connectivity index (χ3n) is 2.06. The van der Waals surface area contributed by atoms with Crippen LogP contribution in [0.2, 0.25) is 0 Å². The molecule has 1 aromatic carbocycles. The number of thiol groups is 1. The lowest BCUT2D eigenvalue weighted by Gasteiger charge is -2.20. The van der Waals surface area contributed by atoms with Crippen LogP contribution in [0.5, 0.6) is 0 Å². The fraction of sp³-hybridized carbons (Fsp3) is 0.417. The number of rotatable bonds is 1. The molecule has 88 valence electrons. The minimum absolute atomic E-state index is 0.380. The molecule has 0 saturated carbocycles. The van der Waals surface area contributed by atoms with Crippen molar-refractivity contribution >= 4 is 24.3 Å². The molecule has 0 saturated heterocycles. The van der Waals surface area contributed by atoms with Crippen molar-refractivity contribution in [1.29, 1.82) is 0 Å². The van der Waals surface area contributed by atoms with E-state index in [2.05, 4.69) is 12.6 Å². The summed E-state index contributed by atoms with van der Waals surface area (Å²) < 4.78 is 5.25. The molecule has 0 aromatic heterocycles. The van der Waals surface area contributed by atoms with Gasteiger partial charge >= 0.3 is 5.97 Å². The van der Waals surface area contributed by atoms with Crippen LogP contribution in [-0.4, -0.2) is 11.6 Å². The molecular formula is C12H17NO2S. The normalized spacial score (nSPS) is 11.3. The lowest BCUT2D eigenvalue weighted by Crippen LogP contribution is -2.24. The van der Waals surface area contributed by atoms with Crippen molar-refractivity contribution in [2.75, 3.05) is 5.73 Å². The lowest BCUT2D eigenvalue weighted by atomic mass is 10.1. The van der Waals surface area contributed by atoms with Gasteiger partial charge in [-0.05, 0) is 45.4 Å². The minimum Gasteiger partial charge on any atom is -0.456 e. The molecule has 0 aliphatic heterocycles. The highest BCUT2D eigenvalue weighted by Gasteiger charge is 2.18. The fourth-order valence-electron chi connectivity index (χ4n) is 1.18. The van der Waals surface area contributed by atoms with Gasteiger partial charge in [-0.2, -0.15) is 0 Å². The monoisotopic (exact) mass is 239 g/mol. The quantitative estimate of drug-likeness (QED) is 0.450. The second-order valence-corrected chi connectivity index (χ2v) is 5.19. The van der Waals surface area contributed by atoms with Gasteiger partial charge in [0.25, 0.3) is 0 Å². The largest absolute Gasteiger partial charge is 0.456 e. The van der Waals surface area contributed by atoms with Gasteiger partial charge in [0.2, 0.25) is 0 Å². The van der Waals surface area contributed by atoms with Crippen LogP contribution in [0, 0.1) is 6.92 Å². The number of carbonyl (C=O) groups is 1. The van der Waals surface area contributed by atoms with Gasteiger partial charge in [0, 0.05) is 10.6 Å². The van der Waals surface area contributed by atoms with E-state index in [-0.39, 0.29) is 5.97 Å². The SMILES string of the molecule is Cc1c(N)cc(C(=O)OC(C)(C)C)cc1S. The van der Waals surface area contributed by atoms with Crippen molar-refractivity contribution < 1.29 is 9.53 Å². The number of esters is 1. The number of hydrogen-bond acceptors (Lipinski definition) is 4. The van der Waals surface area contributed by atoms with Gasteiger partial charge in [0.15, 0.2) is 0 Å². The second-order valence-electron chi connectivity index (χ2n) is 4.71. The molecule has 1 aromatic rings. The van der Waals surface area contributed by atoms with Crippen molar-refractivity contribution in [1.82, 2.24) is 0 Å². The van der Waals surface area contributed by atoms with Crippen molar-refractivity contribution in [3.63, 3.8) is 0 Å². The summed E-state index contributed by atoms with van der Waals surface area (Å²) in [4.78, 5) is 12.5. The van der Waals surface area contributed by atoms with Crippen LogP contribution >= 0.6 is 12.6 Å². The van der Waals surface area contributed by atoms with Gasteiger partial charge in [-0.25, -0.2) is 4.79 Å². The van der Waals surface area contributed by atoms with Crippen LogP contribution in [0.1, 0.15) is 36.7 Å². The smallest absolute Gasteiger partial charge is 0.338 e. The maximum atomic E-state index is 11.8. The van der Waals surface area contributed by atoms with Gasteiger partial charge in [-0.3, -0.25) is 0 Å². The Labute approximate surface area is 101 Å². The Morgan fingerprint density at radius 3 is 2.38 bits per heavy atom. The van der Waals surface area contributed by atoms with E-state index in [1.807, 2.05) is 27.7 Å². The highest BCUT2D eigenvalue weighted by molar-refractivity contribution is 7.80. The summed E-state index contributed by atoms with van der Waals surface area (Å²) in [6.45, 7) is 7.33. The average molecular weight is 239 g/mol. The summed E-state index contributed by atoms with van der Waals surface area (Å²) in [7, 11) is 0. The van der Waals surface area contributed by atoms with E-state index in [1.165, 1.54) is 0 Å². The van der Waals surface area contributed by atoms with E-state index < -0.39 is 5.60 Å². The van der Waals surface area contributed by atoms with Crippen LogP contribution in [0.25, 0.3) is 0 Å². The zero-order valence-electron chi connectivity index (χ0n) is 10.00. The predicted molar refractivity (Wildman–Crippen MR) is 68.0 cm³/mol. The predicted octanol–water partition coefficient (Wildman–Crippen LogP) is 2.82. The van der Waals surface area contributed by atoms with Crippen LogP contribution in [0.4, 0.5) is 5.69 Å². The molecule has 2 N–H and O–H groups in total. The molecule has 3 nitrogen and oxygen atoms in total. The van der Waals surface area contributed by atoms with Gasteiger partial charge in [0.1, 0.15) is 5.60 Å². The molecule has 0 aliphatic rings. The van der Waals surface area contributed by atoms with Crippen molar-refractivity contribution in [3.8, 4) is 0 Å². The second kappa shape index (κ2) is 4.37. The molecule has 0 aliphatic carbocycles. The lowest BCUT2D eigenvalue weighted by molar-refractivity contribution is 0.00693. The van der Waals surface area contributed by atoms with E-state index >= 15 is 0 Å². The summed E-state index contributed by atoms with van der Waals surface area (Å²) in [6, 6.07) is 3.28. The van der Waals surface area contributed by atoms with Gasteiger partial charge in [-0.1, -0.05) is 0 Å². The van der Waals surface area contributed by atoms with Crippen LogP contribution in [0.3, 0.4) is 0 Å². The maximum absolute atomic E-state index is 11.8. The standard InChI is InChI=1S/C12H17NO2S/c1-7-9(13)5-8(6-10(7)16)11(14)15-12(2,3)4/h5-6,16H,13H2,1-4H3. The Balaban J connectivity index is 3.02. The molecular weight excluding hydrogens is 222 g/mol. The van der Waals surface area contributed by atoms with E-state index in [0.717, 1.165) is 5.56 Å². The first-order chi connectivity index (χ1) is 7.20. The van der Waals surface area contributed by atoms with Crippen LogP contribution in [-0.2, 0) is 4.74 Å². The van der Waals surface area contributed by atoms with E-state index in [1.54, 1.807) is 12.1 Å². The van der Waals surface area contributed by atoms with Crippen molar-refractivity contribution in [2.45, 2.75) is 38.2 Å². The molecule has 0 bridgehead atoms. The number of anilines is 1. The number of ether oxygens (including phenoxy) is 1. The Morgan fingerprint density at radius 1 is 1.38 bits per heavy atom. The number of benzene rings is 1. The zero-order valence-corrected chi connectivity index (χ0v) is 10.9. The molecule has 0 radical (unpaired) electrons. The van der Waals surface area contributed by atoms with E-state index in [0.29, 0.717) is 16.1 Å². The first-order valence-electron chi connectivity index (χ1n) is 5.03. The van der Waals surface area contributed by atoms with E-state index in [4.69, 9.17) is 10.5 Å². The van der Waals surface area contributed by atoms with Crippen molar-refractivity contribution in [3.05, 3.63) is 23.3 Å². The summed E-state index contributed by atoms with van der Waals surface area (Å²) in [5.41, 5.74) is 7.11. The fourth-order valence-corrected chi connectivity index (χ4v) is 1.44. The summed E-state index contributed by atoms with van der Waals surface area (Å²) >= 11 is 4.26. The molecule has 0 unspecified atom stereocenters. The molecule has 0 amide bonds. The molecule has 16 heavy (non-hydrogen) atoms. The third-order valence-corrected chi connectivity index (χ3v) is 2.52. The average Bonchev–Trinajstić information content (AvgIpc) is 2.10. The summed E-state index contributed by atoms with van der Waals surface area (Å²) in [5, 5.41) is 0. The number of carbonyl (C=O) groups excluding carboxylic acids is 1. The molecule has 0 heterocycles. The first-order valence-corrected chi connectivity index (χ1v) is 5.48. The Bertz CT molecular complexity index is 399. The van der Waals surface area contributed by atoms with Gasteiger partial charge < -0.3 is 10.5 Å². The summed E-state index contributed by atoms with van der Waals surface area (Å²) in [5.74, 6) is -0.380. The highest BCUT2D eigenvalue weighted by atomic mass is 32.1. The Morgan fingerprint density at radius 2 is 1.94 bits per heavy atom. The molecule has 1 rings (SSSR count). The van der Waals surface area contributed by atoms with Gasteiger partial charge in [0.05, 0.1) is 5.56 Å². The molecule has 0 fully saturated rings. The van der Waals surface area contributed by atoms with Crippen LogP contribution < -0.4 is 5.73 Å². The highest BCUT2D eigenvalue weighted by Crippen LogP contribution is 2.23. The van der Waals surface area contributed by atoms with Crippen molar-refractivity contribution in [2.24, 2.45) is 0 Å². The first kappa shape index (κ1) is 12.9. The number of nitrogens with two attached hydrogens (primary N) is 1. The Kier molecular flexibility index (Phi) is 3.53. The maximum Gasteiger partial charge on any atom is 0.338 e. The van der Waals surface area contributed by atoms with Gasteiger partial charge in [-0.15, -0.1) is 12.6 Å². The number of hydrogen-bond donors (Lipinski definition) is 2. The number of nitrogen functional groups attached to an aromatic ring is 1. The summed E-state index contributed by atoms with van der Waals surface area (Å²) in [6.07, 6.45) is 0. The molecule has 0 spiro atoms. The molecule has 0 atom stereocenters. The molecule has 4 heteroatoms. The third kappa shape index (κ3) is 3.17. The minimum atomic E-state index is -0.506. The topological polar surface area (TPSA) is 52.3 Å².